The number of rotatable bonds is 6. The van der Waals surface area contributed by atoms with Crippen LogP contribution in [-0.4, -0.2) is 76.4 Å². The molecule has 9 heteroatoms. The topological polar surface area (TPSA) is 101 Å². The highest BCUT2D eigenvalue weighted by Gasteiger charge is 2.44. The predicted octanol–water partition coefficient (Wildman–Crippen LogP) is 2.43. The van der Waals surface area contributed by atoms with E-state index in [0.29, 0.717) is 44.4 Å². The number of benzene rings is 1. The van der Waals surface area contributed by atoms with E-state index in [4.69, 9.17) is 14.5 Å². The number of ether oxygens (including phenoxy) is 2. The lowest BCUT2D eigenvalue weighted by atomic mass is 9.83. The number of nitrogens with zero attached hydrogens (tertiary/aromatic N) is 5. The van der Waals surface area contributed by atoms with E-state index in [1.807, 2.05) is 24.3 Å². The number of hydrogen-bond acceptors (Lipinski definition) is 8. The average molecular weight is 456 g/mol. The number of aliphatic hydroxyl groups is 1. The third kappa shape index (κ3) is 5.09. The molecule has 1 aromatic carbocycles. The summed E-state index contributed by atoms with van der Waals surface area (Å²) in [4.78, 5) is 30.9. The zero-order valence-electron chi connectivity index (χ0n) is 19.7. The van der Waals surface area contributed by atoms with E-state index in [1.165, 1.54) is 0 Å². The number of amides is 1. The van der Waals surface area contributed by atoms with Crippen LogP contribution in [0.4, 0.5) is 5.95 Å². The average Bonchev–Trinajstić information content (AvgIpc) is 2.84. The highest BCUT2D eigenvalue weighted by Crippen LogP contribution is 2.34. The number of hydrogen-bond donors (Lipinski definition) is 1. The zero-order valence-corrected chi connectivity index (χ0v) is 19.7. The molecule has 1 saturated carbocycles. The fourth-order valence-corrected chi connectivity index (χ4v) is 4.55. The van der Waals surface area contributed by atoms with E-state index >= 15 is 0 Å². The Hall–Kier alpha value is -2.78. The number of carbonyl (C=O) groups excluding carboxylic acids is 1. The van der Waals surface area contributed by atoms with Crippen molar-refractivity contribution in [3.8, 4) is 17.4 Å². The van der Waals surface area contributed by atoms with Gasteiger partial charge in [0.2, 0.25) is 5.95 Å². The Labute approximate surface area is 194 Å². The summed E-state index contributed by atoms with van der Waals surface area (Å²) in [5, 5.41) is 9.58. The monoisotopic (exact) mass is 455 g/mol. The van der Waals surface area contributed by atoms with Crippen molar-refractivity contribution in [2.24, 2.45) is 0 Å². The van der Waals surface area contributed by atoms with Crippen molar-refractivity contribution in [3.63, 3.8) is 0 Å². The van der Waals surface area contributed by atoms with Crippen molar-refractivity contribution in [1.82, 2.24) is 19.9 Å². The summed E-state index contributed by atoms with van der Waals surface area (Å²) >= 11 is 0. The molecule has 2 fully saturated rings. The van der Waals surface area contributed by atoms with E-state index in [0.717, 1.165) is 30.4 Å². The number of anilines is 1. The maximum absolute atomic E-state index is 13.2. The number of aromatic nitrogens is 3. The van der Waals surface area contributed by atoms with Crippen LogP contribution in [0, 0.1) is 0 Å². The van der Waals surface area contributed by atoms with Crippen molar-refractivity contribution in [2.45, 2.75) is 57.3 Å². The van der Waals surface area contributed by atoms with Crippen LogP contribution in [0.5, 0.6) is 6.01 Å². The molecule has 0 bridgehead atoms. The second kappa shape index (κ2) is 10.0. The van der Waals surface area contributed by atoms with E-state index in [-0.39, 0.29) is 24.6 Å². The van der Waals surface area contributed by atoms with Gasteiger partial charge in [0.1, 0.15) is 0 Å². The number of carbonyl (C=O) groups is 1. The quantitative estimate of drug-likeness (QED) is 0.709. The molecule has 1 atom stereocenters. The van der Waals surface area contributed by atoms with Crippen LogP contribution in [-0.2, 0) is 16.1 Å². The van der Waals surface area contributed by atoms with Crippen LogP contribution in [0.2, 0.25) is 0 Å². The minimum Gasteiger partial charge on any atom is -0.447 e. The van der Waals surface area contributed by atoms with E-state index < -0.39 is 5.60 Å². The third-order valence-electron chi connectivity index (χ3n) is 6.34. The normalized spacial score (nSPS) is 20.4. The van der Waals surface area contributed by atoms with Crippen LogP contribution >= 0.6 is 0 Å². The molecule has 1 aliphatic carbocycles. The van der Waals surface area contributed by atoms with Crippen molar-refractivity contribution < 1.29 is 19.4 Å². The first-order valence-electron chi connectivity index (χ1n) is 11.6. The standard InChI is InChI=1S/C24H33N5O4/c1-17-16-32-13-12-29(17)22-25-20(19-9-7-8-18(14-19)15-30)26-23(27-22)33-24(21(31)28(2)3)10-5-4-6-11-24/h7-9,14,17,30H,4-6,10-13,15-16H2,1-3H3/t17-/m0/s1. The van der Waals surface area contributed by atoms with Gasteiger partial charge in [-0.2, -0.15) is 15.0 Å². The Kier molecular flexibility index (Phi) is 7.09. The summed E-state index contributed by atoms with van der Waals surface area (Å²) in [6.45, 7) is 3.82. The van der Waals surface area contributed by atoms with Crippen LogP contribution in [0.25, 0.3) is 11.4 Å². The maximum Gasteiger partial charge on any atom is 0.322 e. The zero-order chi connectivity index (χ0) is 23.4. The molecule has 1 amide bonds. The molecule has 4 rings (SSSR count). The van der Waals surface area contributed by atoms with Gasteiger partial charge in [-0.25, -0.2) is 0 Å². The first-order chi connectivity index (χ1) is 15.9. The van der Waals surface area contributed by atoms with Crippen LogP contribution < -0.4 is 9.64 Å². The van der Waals surface area contributed by atoms with Crippen molar-refractivity contribution in [1.29, 1.82) is 0 Å². The molecule has 0 spiro atoms. The summed E-state index contributed by atoms with van der Waals surface area (Å²) in [6.07, 6.45) is 4.19. The summed E-state index contributed by atoms with van der Waals surface area (Å²) in [5.74, 6) is 0.892. The smallest absolute Gasteiger partial charge is 0.322 e. The number of aliphatic hydroxyl groups excluding tert-OH is 1. The molecule has 1 saturated heterocycles. The van der Waals surface area contributed by atoms with Crippen molar-refractivity contribution in [2.75, 3.05) is 38.8 Å². The minimum absolute atomic E-state index is 0.0623. The molecule has 1 aliphatic heterocycles. The van der Waals surface area contributed by atoms with Gasteiger partial charge >= 0.3 is 6.01 Å². The molecule has 33 heavy (non-hydrogen) atoms. The Bertz CT molecular complexity index is 977. The lowest BCUT2D eigenvalue weighted by Gasteiger charge is -2.37. The number of morpholine rings is 1. The molecule has 1 N–H and O–H groups in total. The van der Waals surface area contributed by atoms with Gasteiger partial charge in [-0.15, -0.1) is 0 Å². The van der Waals surface area contributed by atoms with Gasteiger partial charge in [0.15, 0.2) is 11.4 Å². The molecule has 9 nitrogen and oxygen atoms in total. The summed E-state index contributed by atoms with van der Waals surface area (Å²) in [5.41, 5.74) is 0.553. The van der Waals surface area contributed by atoms with E-state index in [9.17, 15) is 9.90 Å². The highest BCUT2D eigenvalue weighted by molar-refractivity contribution is 5.85. The molecule has 0 unspecified atom stereocenters. The predicted molar refractivity (Wildman–Crippen MR) is 124 cm³/mol. The largest absolute Gasteiger partial charge is 0.447 e. The highest BCUT2D eigenvalue weighted by atomic mass is 16.5. The Morgan fingerprint density at radius 2 is 2.03 bits per heavy atom. The summed E-state index contributed by atoms with van der Waals surface area (Å²) in [6, 6.07) is 7.71. The van der Waals surface area contributed by atoms with Gasteiger partial charge in [-0.3, -0.25) is 4.79 Å². The van der Waals surface area contributed by atoms with Crippen molar-refractivity contribution in [3.05, 3.63) is 29.8 Å². The first kappa shape index (κ1) is 23.4. The maximum atomic E-state index is 13.2. The minimum atomic E-state index is -0.971. The lowest BCUT2D eigenvalue weighted by molar-refractivity contribution is -0.149. The van der Waals surface area contributed by atoms with Crippen molar-refractivity contribution >= 4 is 11.9 Å². The van der Waals surface area contributed by atoms with Gasteiger partial charge in [0.25, 0.3) is 5.91 Å². The van der Waals surface area contributed by atoms with Crippen LogP contribution in [0.15, 0.2) is 24.3 Å². The lowest BCUT2D eigenvalue weighted by Crippen LogP contribution is -2.52. The van der Waals surface area contributed by atoms with Crippen LogP contribution in [0.3, 0.4) is 0 Å². The Morgan fingerprint density at radius 1 is 1.24 bits per heavy atom. The molecular formula is C24H33N5O4. The van der Waals surface area contributed by atoms with Gasteiger partial charge in [0.05, 0.1) is 25.9 Å². The molecular weight excluding hydrogens is 422 g/mol. The Morgan fingerprint density at radius 3 is 2.73 bits per heavy atom. The van der Waals surface area contributed by atoms with E-state index in [1.54, 1.807) is 19.0 Å². The molecule has 178 valence electrons. The molecule has 2 aromatic rings. The molecule has 2 heterocycles. The Balaban J connectivity index is 1.77. The van der Waals surface area contributed by atoms with Gasteiger partial charge in [0, 0.05) is 26.2 Å². The van der Waals surface area contributed by atoms with Crippen LogP contribution in [0.1, 0.15) is 44.6 Å². The summed E-state index contributed by atoms with van der Waals surface area (Å²) in [7, 11) is 3.50. The first-order valence-corrected chi connectivity index (χ1v) is 11.6. The molecule has 1 aromatic heterocycles. The van der Waals surface area contributed by atoms with Gasteiger partial charge in [-0.05, 0) is 44.2 Å². The van der Waals surface area contributed by atoms with Gasteiger partial charge in [-0.1, -0.05) is 24.6 Å². The van der Waals surface area contributed by atoms with Gasteiger partial charge < -0.3 is 24.4 Å². The SMILES string of the molecule is C[C@H]1COCCN1c1nc(OC2(C(=O)N(C)C)CCCCC2)nc(-c2cccc(CO)c2)n1. The fourth-order valence-electron chi connectivity index (χ4n) is 4.55. The molecule has 2 aliphatic rings. The molecule has 0 radical (unpaired) electrons. The second-order valence-corrected chi connectivity index (χ2v) is 9.07. The summed E-state index contributed by atoms with van der Waals surface area (Å²) < 4.78 is 12.0. The fraction of sp³-hybridized carbons (Fsp3) is 0.583. The second-order valence-electron chi connectivity index (χ2n) is 9.07. The van der Waals surface area contributed by atoms with E-state index in [2.05, 4.69) is 21.8 Å². The third-order valence-corrected chi connectivity index (χ3v) is 6.34. The number of likely N-dealkylation sites (N-methyl/N-ethyl adjacent to an activating group) is 1.